The van der Waals surface area contributed by atoms with Crippen LogP contribution in [0.15, 0.2) is 11.6 Å². The molecule has 0 spiro atoms. The van der Waals surface area contributed by atoms with Crippen molar-refractivity contribution in [2.24, 2.45) is 29.6 Å². The van der Waals surface area contributed by atoms with Gasteiger partial charge in [0.25, 0.3) is 0 Å². The summed E-state index contributed by atoms with van der Waals surface area (Å²) in [5.74, 6) is 8.15. The van der Waals surface area contributed by atoms with Crippen molar-refractivity contribution in [1.82, 2.24) is 0 Å². The standard InChI is InChI=1S/C23H34O3/c1-16-18(10-6-3-7-15-24)19-11-14-22(26)20(23(16)19)12-13-21(25)17-8-4-2-5-9-17/h10,15-17,19-23,25-26H,2-9,11,14H2,1H3/b18-10-/t16?,19-,20+,21?,22-,23+/m1/s1. The Bertz CT molecular complexity index is 564. The third kappa shape index (κ3) is 4.24. The van der Waals surface area contributed by atoms with Crippen LogP contribution < -0.4 is 0 Å². The van der Waals surface area contributed by atoms with E-state index in [1.165, 1.54) is 24.8 Å². The van der Waals surface area contributed by atoms with Crippen LogP contribution in [0, 0.1) is 41.4 Å². The fourth-order valence-electron chi connectivity index (χ4n) is 5.47. The normalized spacial score (nSPS) is 37.2. The van der Waals surface area contributed by atoms with Crippen molar-refractivity contribution >= 4 is 6.29 Å². The maximum atomic E-state index is 10.5. The zero-order valence-corrected chi connectivity index (χ0v) is 16.1. The van der Waals surface area contributed by atoms with Gasteiger partial charge < -0.3 is 15.0 Å². The summed E-state index contributed by atoms with van der Waals surface area (Å²) in [6.45, 7) is 2.25. The quantitative estimate of drug-likeness (QED) is 0.339. The Morgan fingerprint density at radius 3 is 2.65 bits per heavy atom. The second-order valence-corrected chi connectivity index (χ2v) is 8.58. The highest BCUT2D eigenvalue weighted by atomic mass is 16.3. The van der Waals surface area contributed by atoms with Crippen molar-refractivity contribution < 1.29 is 15.0 Å². The first-order valence-electron chi connectivity index (χ1n) is 10.6. The topological polar surface area (TPSA) is 57.5 Å². The summed E-state index contributed by atoms with van der Waals surface area (Å²) in [5.41, 5.74) is 1.51. The third-order valence-electron chi connectivity index (χ3n) is 7.00. The number of aliphatic hydroxyl groups excluding tert-OH is 2. The smallest absolute Gasteiger partial charge is 0.120 e. The van der Waals surface area contributed by atoms with Crippen LogP contribution >= 0.6 is 0 Å². The van der Waals surface area contributed by atoms with Crippen molar-refractivity contribution in [2.45, 2.75) is 83.3 Å². The SMILES string of the molecule is CC1/C(=C/CCCC=O)[C@H]2CC[C@@H](O)[C@H](C#CC(O)C3CCCCC3)[C@@H]12. The molecule has 3 nitrogen and oxygen atoms in total. The summed E-state index contributed by atoms with van der Waals surface area (Å²) in [7, 11) is 0. The van der Waals surface area contributed by atoms with Gasteiger partial charge in [-0.2, -0.15) is 0 Å². The highest BCUT2D eigenvalue weighted by Gasteiger charge is 2.50. The molecule has 3 aliphatic carbocycles. The molecule has 6 atom stereocenters. The zero-order chi connectivity index (χ0) is 18.5. The van der Waals surface area contributed by atoms with Gasteiger partial charge in [0.05, 0.1) is 12.0 Å². The number of hydrogen-bond acceptors (Lipinski definition) is 3. The first kappa shape index (κ1) is 19.6. The van der Waals surface area contributed by atoms with Crippen LogP contribution in [-0.2, 0) is 4.79 Å². The van der Waals surface area contributed by atoms with Gasteiger partial charge in [0.1, 0.15) is 12.4 Å². The van der Waals surface area contributed by atoms with E-state index < -0.39 is 6.10 Å². The van der Waals surface area contributed by atoms with E-state index in [2.05, 4.69) is 24.8 Å². The van der Waals surface area contributed by atoms with E-state index in [4.69, 9.17) is 0 Å². The number of aliphatic hydroxyl groups is 2. The van der Waals surface area contributed by atoms with Crippen LogP contribution in [0.2, 0.25) is 0 Å². The van der Waals surface area contributed by atoms with Gasteiger partial charge in [0.15, 0.2) is 0 Å². The molecule has 0 saturated heterocycles. The van der Waals surface area contributed by atoms with Crippen molar-refractivity contribution in [3.63, 3.8) is 0 Å². The van der Waals surface area contributed by atoms with E-state index in [1.54, 1.807) is 0 Å². The van der Waals surface area contributed by atoms with Crippen molar-refractivity contribution in [3.05, 3.63) is 11.6 Å². The lowest BCUT2D eigenvalue weighted by Gasteiger charge is -2.53. The summed E-state index contributed by atoms with van der Waals surface area (Å²) in [4.78, 5) is 10.5. The van der Waals surface area contributed by atoms with Crippen LogP contribution in [0.25, 0.3) is 0 Å². The molecule has 0 heterocycles. The fourth-order valence-corrected chi connectivity index (χ4v) is 5.47. The summed E-state index contributed by atoms with van der Waals surface area (Å²) in [6.07, 6.45) is 12.7. The zero-order valence-electron chi connectivity index (χ0n) is 16.1. The first-order chi connectivity index (χ1) is 12.6. The Balaban J connectivity index is 1.63. The number of allylic oxidation sites excluding steroid dienone is 2. The minimum atomic E-state index is -0.531. The van der Waals surface area contributed by atoms with Crippen molar-refractivity contribution in [3.8, 4) is 11.8 Å². The molecule has 3 aliphatic rings. The molecule has 0 radical (unpaired) electrons. The minimum absolute atomic E-state index is 0.00545. The van der Waals surface area contributed by atoms with E-state index >= 15 is 0 Å². The van der Waals surface area contributed by atoms with Gasteiger partial charge in [-0.05, 0) is 62.2 Å². The minimum Gasteiger partial charge on any atom is -0.392 e. The molecule has 0 aromatic rings. The lowest BCUT2D eigenvalue weighted by atomic mass is 9.51. The molecular formula is C23H34O3. The second kappa shape index (κ2) is 9.20. The van der Waals surface area contributed by atoms with E-state index in [1.807, 2.05) is 0 Å². The number of aldehydes is 1. The summed E-state index contributed by atoms with van der Waals surface area (Å²) < 4.78 is 0. The van der Waals surface area contributed by atoms with Crippen LogP contribution in [-0.4, -0.2) is 28.7 Å². The summed E-state index contributed by atoms with van der Waals surface area (Å²) in [6, 6.07) is 0. The van der Waals surface area contributed by atoms with Gasteiger partial charge in [-0.15, -0.1) is 0 Å². The summed E-state index contributed by atoms with van der Waals surface area (Å²) in [5, 5.41) is 21.0. The number of carbonyl (C=O) groups excluding carboxylic acids is 1. The molecule has 3 heteroatoms. The van der Waals surface area contributed by atoms with E-state index in [9.17, 15) is 15.0 Å². The molecule has 144 valence electrons. The highest BCUT2D eigenvalue weighted by Crippen LogP contribution is 2.55. The van der Waals surface area contributed by atoms with Gasteiger partial charge in [0, 0.05) is 6.42 Å². The van der Waals surface area contributed by atoms with Gasteiger partial charge in [-0.1, -0.05) is 49.7 Å². The Morgan fingerprint density at radius 1 is 1.15 bits per heavy atom. The van der Waals surface area contributed by atoms with E-state index in [-0.39, 0.29) is 12.0 Å². The average Bonchev–Trinajstić information content (AvgIpc) is 2.67. The molecular weight excluding hydrogens is 324 g/mol. The van der Waals surface area contributed by atoms with Gasteiger partial charge in [0.2, 0.25) is 0 Å². The number of unbranched alkanes of at least 4 members (excludes halogenated alkanes) is 2. The largest absolute Gasteiger partial charge is 0.392 e. The van der Waals surface area contributed by atoms with Crippen molar-refractivity contribution in [1.29, 1.82) is 0 Å². The van der Waals surface area contributed by atoms with E-state index in [0.717, 1.165) is 44.8 Å². The molecule has 3 saturated carbocycles. The molecule has 3 fully saturated rings. The Labute approximate surface area is 158 Å². The number of fused-ring (bicyclic) bond motifs is 1. The average molecular weight is 359 g/mol. The fraction of sp³-hybridized carbons (Fsp3) is 0.783. The maximum absolute atomic E-state index is 10.5. The van der Waals surface area contributed by atoms with Crippen LogP contribution in [0.5, 0.6) is 0 Å². The Kier molecular flexibility index (Phi) is 6.95. The Morgan fingerprint density at radius 2 is 1.92 bits per heavy atom. The summed E-state index contributed by atoms with van der Waals surface area (Å²) >= 11 is 0. The molecule has 0 aromatic carbocycles. The molecule has 3 rings (SSSR count). The van der Waals surface area contributed by atoms with Gasteiger partial charge in [-0.3, -0.25) is 0 Å². The molecule has 26 heavy (non-hydrogen) atoms. The van der Waals surface area contributed by atoms with Gasteiger partial charge in [-0.25, -0.2) is 0 Å². The van der Waals surface area contributed by atoms with Gasteiger partial charge >= 0.3 is 0 Å². The molecule has 0 bridgehead atoms. The number of carbonyl (C=O) groups is 1. The monoisotopic (exact) mass is 358 g/mol. The molecule has 2 N–H and O–H groups in total. The van der Waals surface area contributed by atoms with Crippen LogP contribution in [0.1, 0.15) is 71.1 Å². The predicted molar refractivity (Wildman–Crippen MR) is 103 cm³/mol. The molecule has 0 amide bonds. The number of hydrogen-bond donors (Lipinski definition) is 2. The second-order valence-electron chi connectivity index (χ2n) is 8.58. The first-order valence-corrected chi connectivity index (χ1v) is 10.6. The predicted octanol–water partition coefficient (Wildman–Crippen LogP) is 3.88. The maximum Gasteiger partial charge on any atom is 0.120 e. The number of rotatable bonds is 5. The Hall–Kier alpha value is -1.11. The van der Waals surface area contributed by atoms with Crippen LogP contribution in [0.4, 0.5) is 0 Å². The lowest BCUT2D eigenvalue weighted by molar-refractivity contribution is -0.107. The third-order valence-corrected chi connectivity index (χ3v) is 7.00. The molecule has 2 unspecified atom stereocenters. The lowest BCUT2D eigenvalue weighted by Crippen LogP contribution is -2.50. The highest BCUT2D eigenvalue weighted by molar-refractivity contribution is 5.49. The van der Waals surface area contributed by atoms with Crippen molar-refractivity contribution in [2.75, 3.05) is 0 Å². The van der Waals surface area contributed by atoms with Crippen LogP contribution in [0.3, 0.4) is 0 Å². The molecule has 0 aliphatic heterocycles. The molecule has 0 aromatic heterocycles. The van der Waals surface area contributed by atoms with E-state index in [0.29, 0.717) is 30.1 Å².